The van der Waals surface area contributed by atoms with Gasteiger partial charge in [0.2, 0.25) is 0 Å². The molecule has 1 unspecified atom stereocenters. The standard InChI is InChI=1S/C13H19NO2/c1-8-5-11(12(15)10(3)7-14)6-9(2)13(8)16-4/h5-6,10H,7,14H2,1-4H3. The first-order chi connectivity index (χ1) is 7.51. The van der Waals surface area contributed by atoms with Crippen molar-refractivity contribution in [2.24, 2.45) is 11.7 Å². The Morgan fingerprint density at radius 2 is 1.88 bits per heavy atom. The Kier molecular flexibility index (Phi) is 4.07. The summed E-state index contributed by atoms with van der Waals surface area (Å²) in [4.78, 5) is 12.0. The third-order valence-electron chi connectivity index (χ3n) is 2.75. The van der Waals surface area contributed by atoms with Gasteiger partial charge in [0.25, 0.3) is 0 Å². The van der Waals surface area contributed by atoms with E-state index in [1.807, 2.05) is 32.9 Å². The van der Waals surface area contributed by atoms with Crippen LogP contribution in [0, 0.1) is 19.8 Å². The molecular formula is C13H19NO2. The van der Waals surface area contributed by atoms with Crippen LogP contribution in [0.15, 0.2) is 12.1 Å². The van der Waals surface area contributed by atoms with Gasteiger partial charge in [-0.25, -0.2) is 0 Å². The molecule has 0 radical (unpaired) electrons. The summed E-state index contributed by atoms with van der Waals surface area (Å²) >= 11 is 0. The largest absolute Gasteiger partial charge is 0.496 e. The van der Waals surface area contributed by atoms with Gasteiger partial charge in [-0.1, -0.05) is 6.92 Å². The number of rotatable bonds is 4. The molecule has 0 aliphatic heterocycles. The third kappa shape index (κ3) is 2.42. The molecule has 1 aromatic rings. The Bertz CT molecular complexity index is 376. The number of benzene rings is 1. The van der Waals surface area contributed by atoms with Crippen molar-refractivity contribution in [2.45, 2.75) is 20.8 Å². The van der Waals surface area contributed by atoms with Crippen LogP contribution in [0.4, 0.5) is 0 Å². The van der Waals surface area contributed by atoms with Gasteiger partial charge < -0.3 is 10.5 Å². The molecule has 88 valence electrons. The Balaban J connectivity index is 3.13. The number of nitrogens with two attached hydrogens (primary N) is 1. The van der Waals surface area contributed by atoms with Crippen molar-refractivity contribution in [2.75, 3.05) is 13.7 Å². The molecule has 3 nitrogen and oxygen atoms in total. The highest BCUT2D eigenvalue weighted by Crippen LogP contribution is 2.25. The first-order valence-corrected chi connectivity index (χ1v) is 5.40. The van der Waals surface area contributed by atoms with Gasteiger partial charge in [-0.3, -0.25) is 4.79 Å². The monoisotopic (exact) mass is 221 g/mol. The molecule has 0 aliphatic carbocycles. The number of aryl methyl sites for hydroxylation is 2. The van der Waals surface area contributed by atoms with Crippen molar-refractivity contribution in [3.8, 4) is 5.75 Å². The SMILES string of the molecule is COc1c(C)cc(C(=O)C(C)CN)cc1C. The van der Waals surface area contributed by atoms with Gasteiger partial charge in [0.15, 0.2) is 5.78 Å². The number of hydrogen-bond donors (Lipinski definition) is 1. The van der Waals surface area contributed by atoms with Crippen LogP contribution in [0.5, 0.6) is 5.75 Å². The summed E-state index contributed by atoms with van der Waals surface area (Å²) in [6, 6.07) is 3.72. The van der Waals surface area contributed by atoms with Gasteiger partial charge in [-0.15, -0.1) is 0 Å². The van der Waals surface area contributed by atoms with Crippen LogP contribution in [0.25, 0.3) is 0 Å². The van der Waals surface area contributed by atoms with Gasteiger partial charge >= 0.3 is 0 Å². The van der Waals surface area contributed by atoms with Crippen molar-refractivity contribution in [1.82, 2.24) is 0 Å². The molecule has 1 atom stereocenters. The van der Waals surface area contributed by atoms with Crippen molar-refractivity contribution in [3.63, 3.8) is 0 Å². The normalized spacial score (nSPS) is 12.3. The minimum atomic E-state index is -0.132. The van der Waals surface area contributed by atoms with Crippen LogP contribution in [-0.4, -0.2) is 19.4 Å². The maximum absolute atomic E-state index is 12.0. The van der Waals surface area contributed by atoms with E-state index in [9.17, 15) is 4.79 Å². The van der Waals surface area contributed by atoms with Crippen LogP contribution < -0.4 is 10.5 Å². The number of ketones is 1. The summed E-state index contributed by atoms with van der Waals surface area (Å²) in [6.07, 6.45) is 0. The molecule has 0 aromatic heterocycles. The summed E-state index contributed by atoms with van der Waals surface area (Å²) in [5.74, 6) is 0.806. The third-order valence-corrected chi connectivity index (χ3v) is 2.75. The minimum Gasteiger partial charge on any atom is -0.496 e. The average molecular weight is 221 g/mol. The Hall–Kier alpha value is -1.35. The molecule has 3 heteroatoms. The zero-order valence-electron chi connectivity index (χ0n) is 10.3. The van der Waals surface area contributed by atoms with E-state index in [1.54, 1.807) is 7.11 Å². The second-order valence-corrected chi connectivity index (χ2v) is 4.14. The van der Waals surface area contributed by atoms with Gasteiger partial charge in [0.05, 0.1) is 7.11 Å². The second kappa shape index (κ2) is 5.12. The van der Waals surface area contributed by atoms with Gasteiger partial charge in [-0.05, 0) is 37.1 Å². The number of methoxy groups -OCH3 is 1. The highest BCUT2D eigenvalue weighted by molar-refractivity contribution is 5.98. The molecule has 0 saturated carbocycles. The second-order valence-electron chi connectivity index (χ2n) is 4.14. The molecule has 0 aliphatic rings. The van der Waals surface area contributed by atoms with Gasteiger partial charge in [0, 0.05) is 18.0 Å². The number of Topliss-reactive ketones (excluding diaryl/α,β-unsaturated/α-hetero) is 1. The maximum atomic E-state index is 12.0. The first-order valence-electron chi connectivity index (χ1n) is 5.40. The predicted molar refractivity (Wildman–Crippen MR) is 65.0 cm³/mol. The van der Waals surface area contributed by atoms with E-state index >= 15 is 0 Å². The topological polar surface area (TPSA) is 52.3 Å². The summed E-state index contributed by atoms with van der Waals surface area (Å²) in [5.41, 5.74) is 8.18. The van der Waals surface area contributed by atoms with Crippen LogP contribution in [0.3, 0.4) is 0 Å². The molecule has 16 heavy (non-hydrogen) atoms. The van der Waals surface area contributed by atoms with E-state index in [1.165, 1.54) is 0 Å². The lowest BCUT2D eigenvalue weighted by atomic mass is 9.96. The van der Waals surface area contributed by atoms with E-state index in [0.29, 0.717) is 12.1 Å². The summed E-state index contributed by atoms with van der Waals surface area (Å²) < 4.78 is 5.26. The van der Waals surface area contributed by atoms with E-state index in [2.05, 4.69) is 0 Å². The lowest BCUT2D eigenvalue weighted by Gasteiger charge is -2.12. The molecule has 0 spiro atoms. The Morgan fingerprint density at radius 3 is 2.25 bits per heavy atom. The molecule has 0 saturated heterocycles. The fourth-order valence-corrected chi connectivity index (χ4v) is 1.81. The van der Waals surface area contributed by atoms with Crippen molar-refractivity contribution >= 4 is 5.78 Å². The molecular weight excluding hydrogens is 202 g/mol. The average Bonchev–Trinajstić information content (AvgIpc) is 2.26. The molecule has 0 heterocycles. The zero-order valence-corrected chi connectivity index (χ0v) is 10.3. The molecule has 1 rings (SSSR count). The summed E-state index contributed by atoms with van der Waals surface area (Å²) in [6.45, 7) is 6.10. The molecule has 0 bridgehead atoms. The van der Waals surface area contributed by atoms with Crippen molar-refractivity contribution in [1.29, 1.82) is 0 Å². The highest BCUT2D eigenvalue weighted by Gasteiger charge is 2.15. The van der Waals surface area contributed by atoms with Gasteiger partial charge in [0.1, 0.15) is 5.75 Å². The highest BCUT2D eigenvalue weighted by atomic mass is 16.5. The number of ether oxygens (including phenoxy) is 1. The van der Waals surface area contributed by atoms with Crippen molar-refractivity contribution < 1.29 is 9.53 Å². The Morgan fingerprint density at radius 1 is 1.38 bits per heavy atom. The van der Waals surface area contributed by atoms with E-state index in [4.69, 9.17) is 10.5 Å². The van der Waals surface area contributed by atoms with Crippen LogP contribution >= 0.6 is 0 Å². The van der Waals surface area contributed by atoms with E-state index in [0.717, 1.165) is 16.9 Å². The Labute approximate surface area is 96.6 Å². The lowest BCUT2D eigenvalue weighted by Crippen LogP contribution is -2.20. The lowest BCUT2D eigenvalue weighted by molar-refractivity contribution is 0.0934. The molecule has 2 N–H and O–H groups in total. The molecule has 1 aromatic carbocycles. The number of carbonyl (C=O) groups excluding carboxylic acids is 1. The van der Waals surface area contributed by atoms with Crippen LogP contribution in [0.2, 0.25) is 0 Å². The fourth-order valence-electron chi connectivity index (χ4n) is 1.81. The summed E-state index contributed by atoms with van der Waals surface area (Å²) in [7, 11) is 1.64. The quantitative estimate of drug-likeness (QED) is 0.792. The maximum Gasteiger partial charge on any atom is 0.166 e. The van der Waals surface area contributed by atoms with Crippen molar-refractivity contribution in [3.05, 3.63) is 28.8 Å². The van der Waals surface area contributed by atoms with E-state index in [-0.39, 0.29) is 11.7 Å². The van der Waals surface area contributed by atoms with Crippen LogP contribution in [-0.2, 0) is 0 Å². The summed E-state index contributed by atoms with van der Waals surface area (Å²) in [5, 5.41) is 0. The molecule has 0 amide bonds. The molecule has 0 fully saturated rings. The first kappa shape index (κ1) is 12.7. The van der Waals surface area contributed by atoms with Crippen LogP contribution in [0.1, 0.15) is 28.4 Å². The smallest absolute Gasteiger partial charge is 0.166 e. The number of carbonyl (C=O) groups is 1. The predicted octanol–water partition coefficient (Wildman–Crippen LogP) is 2.09. The zero-order chi connectivity index (χ0) is 12.3. The van der Waals surface area contributed by atoms with Gasteiger partial charge in [-0.2, -0.15) is 0 Å². The fraction of sp³-hybridized carbons (Fsp3) is 0.462. The minimum absolute atomic E-state index is 0.0938. The number of hydrogen-bond acceptors (Lipinski definition) is 3. The van der Waals surface area contributed by atoms with E-state index < -0.39 is 0 Å².